The van der Waals surface area contributed by atoms with Crippen molar-refractivity contribution < 1.29 is 13.2 Å². The fourth-order valence-electron chi connectivity index (χ4n) is 1.03. The molecule has 1 rings (SSSR count). The minimum atomic E-state index is -4.37. The highest BCUT2D eigenvalue weighted by Gasteiger charge is 2.30. The highest BCUT2D eigenvalue weighted by Crippen LogP contribution is 2.28. The molecule has 0 aromatic carbocycles. The van der Waals surface area contributed by atoms with Crippen molar-refractivity contribution in [1.29, 1.82) is 0 Å². The van der Waals surface area contributed by atoms with Gasteiger partial charge in [-0.25, -0.2) is 4.98 Å². The summed E-state index contributed by atoms with van der Waals surface area (Å²) in [6, 6.07) is 2.19. The molecule has 0 bridgehead atoms. The number of nitrogens with zero attached hydrogens (tertiary/aromatic N) is 1. The van der Waals surface area contributed by atoms with Crippen LogP contribution in [0.5, 0.6) is 0 Å². The summed E-state index contributed by atoms with van der Waals surface area (Å²) in [6.07, 6.45) is -1.97. The first-order chi connectivity index (χ1) is 7.93. The molecule has 0 aliphatic carbocycles. The molecule has 0 amide bonds. The Morgan fingerprint density at radius 1 is 1.41 bits per heavy atom. The van der Waals surface area contributed by atoms with E-state index in [0.29, 0.717) is 18.2 Å². The number of nitrogens with one attached hydrogen (secondary N) is 2. The number of alkyl halides is 3. The van der Waals surface area contributed by atoms with Crippen molar-refractivity contribution in [3.63, 3.8) is 0 Å². The maximum Gasteiger partial charge on any atom is 0.417 e. The number of hydrogen-bond donors (Lipinski definition) is 2. The Kier molecular flexibility index (Phi) is 4.14. The Morgan fingerprint density at radius 2 is 2.12 bits per heavy atom. The van der Waals surface area contributed by atoms with Gasteiger partial charge < -0.3 is 10.6 Å². The largest absolute Gasteiger partial charge is 0.417 e. The van der Waals surface area contributed by atoms with Gasteiger partial charge in [-0.2, -0.15) is 13.2 Å². The molecule has 17 heavy (non-hydrogen) atoms. The van der Waals surface area contributed by atoms with E-state index in [-0.39, 0.29) is 0 Å². The molecule has 1 aromatic heterocycles. The Hall–Kier alpha value is -1.98. The summed E-state index contributed by atoms with van der Waals surface area (Å²) in [4.78, 5) is 3.64. The van der Waals surface area contributed by atoms with Crippen molar-refractivity contribution in [3.8, 4) is 0 Å². The van der Waals surface area contributed by atoms with Crippen LogP contribution in [0, 0.1) is 0 Å². The van der Waals surface area contributed by atoms with Crippen molar-refractivity contribution in [3.05, 3.63) is 48.9 Å². The molecule has 1 heterocycles. The number of halogens is 3. The molecule has 0 fully saturated rings. The molecule has 0 radical (unpaired) electrons. The van der Waals surface area contributed by atoms with Crippen molar-refractivity contribution in [2.75, 3.05) is 11.9 Å². The Balaban J connectivity index is 2.62. The standard InChI is InChI=1S/C11H12F3N3/c1-3-6-15-8(2)17-10-5-4-9(7-16-10)11(12,13)14/h3-5,7,15H,1-2,6H2,(H,16,17). The Morgan fingerprint density at radius 3 is 2.59 bits per heavy atom. The molecule has 92 valence electrons. The third kappa shape index (κ3) is 4.18. The summed E-state index contributed by atoms with van der Waals surface area (Å²) in [6.45, 7) is 7.64. The summed E-state index contributed by atoms with van der Waals surface area (Å²) >= 11 is 0. The smallest absolute Gasteiger partial charge is 0.369 e. The van der Waals surface area contributed by atoms with Crippen LogP contribution in [0.3, 0.4) is 0 Å². The van der Waals surface area contributed by atoms with E-state index >= 15 is 0 Å². The molecule has 6 heteroatoms. The molecular weight excluding hydrogens is 231 g/mol. The minimum Gasteiger partial charge on any atom is -0.369 e. The van der Waals surface area contributed by atoms with E-state index in [1.54, 1.807) is 6.08 Å². The first kappa shape index (κ1) is 13.1. The first-order valence-corrected chi connectivity index (χ1v) is 4.77. The van der Waals surface area contributed by atoms with Crippen LogP contribution in [-0.2, 0) is 6.18 Å². The summed E-state index contributed by atoms with van der Waals surface area (Å²) < 4.78 is 36.7. The summed E-state index contributed by atoms with van der Waals surface area (Å²) in [5, 5.41) is 5.56. The third-order valence-corrected chi connectivity index (χ3v) is 1.83. The topological polar surface area (TPSA) is 37.0 Å². The normalized spacial score (nSPS) is 10.8. The molecule has 3 nitrogen and oxygen atoms in total. The van der Waals surface area contributed by atoms with Crippen LogP contribution in [0.25, 0.3) is 0 Å². The van der Waals surface area contributed by atoms with Gasteiger partial charge >= 0.3 is 6.18 Å². The zero-order valence-electron chi connectivity index (χ0n) is 9.01. The van der Waals surface area contributed by atoms with Crippen molar-refractivity contribution in [2.24, 2.45) is 0 Å². The number of rotatable bonds is 5. The zero-order valence-corrected chi connectivity index (χ0v) is 9.01. The first-order valence-electron chi connectivity index (χ1n) is 4.77. The van der Waals surface area contributed by atoms with Gasteiger partial charge in [-0.3, -0.25) is 0 Å². The molecule has 0 spiro atoms. The van der Waals surface area contributed by atoms with E-state index in [9.17, 15) is 13.2 Å². The average molecular weight is 243 g/mol. The second kappa shape index (κ2) is 5.38. The molecule has 0 atom stereocenters. The lowest BCUT2D eigenvalue weighted by Crippen LogP contribution is -2.19. The lowest BCUT2D eigenvalue weighted by Gasteiger charge is -2.11. The molecule has 2 N–H and O–H groups in total. The van der Waals surface area contributed by atoms with E-state index in [1.165, 1.54) is 6.07 Å². The van der Waals surface area contributed by atoms with E-state index in [0.717, 1.165) is 12.3 Å². The Bertz CT molecular complexity index is 395. The summed E-state index contributed by atoms with van der Waals surface area (Å²) in [5.74, 6) is 0.733. The molecule has 0 aliphatic rings. The number of pyridine rings is 1. The maximum absolute atomic E-state index is 12.2. The van der Waals surface area contributed by atoms with Crippen LogP contribution in [0.1, 0.15) is 5.56 Å². The van der Waals surface area contributed by atoms with Crippen LogP contribution in [0.4, 0.5) is 19.0 Å². The fraction of sp³-hybridized carbons (Fsp3) is 0.182. The molecule has 0 unspecified atom stereocenters. The van der Waals surface area contributed by atoms with Gasteiger partial charge in [-0.05, 0) is 12.1 Å². The van der Waals surface area contributed by atoms with Gasteiger partial charge in [0.25, 0.3) is 0 Å². The SMILES string of the molecule is C=CCNC(=C)Nc1ccc(C(F)(F)F)cn1. The van der Waals surface area contributed by atoms with Crippen molar-refractivity contribution in [2.45, 2.75) is 6.18 Å². The summed E-state index contributed by atoms with van der Waals surface area (Å²) in [5.41, 5.74) is -0.785. The van der Waals surface area contributed by atoms with E-state index in [2.05, 4.69) is 28.8 Å². The second-order valence-electron chi connectivity index (χ2n) is 3.20. The highest BCUT2D eigenvalue weighted by molar-refractivity contribution is 5.41. The van der Waals surface area contributed by atoms with Gasteiger partial charge in [0.05, 0.1) is 11.4 Å². The third-order valence-electron chi connectivity index (χ3n) is 1.83. The monoisotopic (exact) mass is 243 g/mol. The number of anilines is 1. The van der Waals surface area contributed by atoms with E-state index < -0.39 is 11.7 Å². The number of hydrogen-bond acceptors (Lipinski definition) is 3. The van der Waals surface area contributed by atoms with Crippen LogP contribution < -0.4 is 10.6 Å². The lowest BCUT2D eigenvalue weighted by molar-refractivity contribution is -0.137. The minimum absolute atomic E-state index is 0.291. The number of aromatic nitrogens is 1. The van der Waals surface area contributed by atoms with Crippen LogP contribution in [0.2, 0.25) is 0 Å². The van der Waals surface area contributed by atoms with Gasteiger partial charge in [0, 0.05) is 12.7 Å². The van der Waals surface area contributed by atoms with Crippen LogP contribution >= 0.6 is 0 Å². The van der Waals surface area contributed by atoms with Gasteiger partial charge in [-0.1, -0.05) is 12.7 Å². The molecular formula is C11H12F3N3. The molecule has 0 saturated carbocycles. The molecule has 1 aromatic rings. The molecule has 0 aliphatic heterocycles. The van der Waals surface area contributed by atoms with Gasteiger partial charge in [0.15, 0.2) is 0 Å². The lowest BCUT2D eigenvalue weighted by atomic mass is 10.3. The average Bonchev–Trinajstić information content (AvgIpc) is 2.26. The second-order valence-corrected chi connectivity index (χ2v) is 3.20. The van der Waals surface area contributed by atoms with E-state index in [4.69, 9.17) is 0 Å². The predicted molar refractivity (Wildman–Crippen MR) is 60.2 cm³/mol. The van der Waals surface area contributed by atoms with Crippen LogP contribution in [0.15, 0.2) is 43.4 Å². The highest BCUT2D eigenvalue weighted by atomic mass is 19.4. The summed E-state index contributed by atoms with van der Waals surface area (Å²) in [7, 11) is 0. The zero-order chi connectivity index (χ0) is 12.9. The van der Waals surface area contributed by atoms with Gasteiger partial charge in [-0.15, -0.1) is 6.58 Å². The van der Waals surface area contributed by atoms with Gasteiger partial charge in [0.1, 0.15) is 5.82 Å². The Labute approximate surface area is 97.1 Å². The quantitative estimate of drug-likeness (QED) is 0.781. The van der Waals surface area contributed by atoms with Crippen LogP contribution in [-0.4, -0.2) is 11.5 Å². The van der Waals surface area contributed by atoms with Crippen molar-refractivity contribution in [1.82, 2.24) is 10.3 Å². The van der Waals surface area contributed by atoms with Gasteiger partial charge in [0.2, 0.25) is 0 Å². The van der Waals surface area contributed by atoms with E-state index in [1.807, 2.05) is 0 Å². The fourth-order valence-corrected chi connectivity index (χ4v) is 1.03. The predicted octanol–water partition coefficient (Wildman–Crippen LogP) is 2.76. The maximum atomic E-state index is 12.2. The van der Waals surface area contributed by atoms with Crippen molar-refractivity contribution >= 4 is 5.82 Å². The molecule has 0 saturated heterocycles.